The molecule has 3 heterocycles. The van der Waals surface area contributed by atoms with Gasteiger partial charge in [0.2, 0.25) is 11.6 Å². The van der Waals surface area contributed by atoms with Gasteiger partial charge in [-0.05, 0) is 65.6 Å². The Hall–Kier alpha value is -1.84. The molecule has 7 heteroatoms. The van der Waals surface area contributed by atoms with E-state index in [0.717, 1.165) is 54.1 Å². The van der Waals surface area contributed by atoms with Crippen molar-refractivity contribution in [3.8, 4) is 0 Å². The van der Waals surface area contributed by atoms with Crippen molar-refractivity contribution in [3.63, 3.8) is 0 Å². The molecule has 0 spiro atoms. The number of anilines is 2. The van der Waals surface area contributed by atoms with E-state index in [0.29, 0.717) is 10.7 Å². The summed E-state index contributed by atoms with van der Waals surface area (Å²) in [6.07, 6.45) is 8.52. The van der Waals surface area contributed by atoms with E-state index >= 15 is 0 Å². The van der Waals surface area contributed by atoms with Gasteiger partial charge >= 0.3 is 0 Å². The van der Waals surface area contributed by atoms with Gasteiger partial charge in [-0.25, -0.2) is 14.8 Å². The topological polar surface area (TPSA) is 36.6 Å². The Labute approximate surface area is 179 Å². The maximum absolute atomic E-state index is 7.13. The van der Waals surface area contributed by atoms with Crippen LogP contribution >= 0.6 is 27.5 Å². The minimum atomic E-state index is 0.529. The molecule has 1 aromatic heterocycles. The largest absolute Gasteiger partial charge is 0.372 e. The van der Waals surface area contributed by atoms with Crippen LogP contribution in [0.4, 0.5) is 17.3 Å². The van der Waals surface area contributed by atoms with Gasteiger partial charge in [0.15, 0.2) is 0 Å². The van der Waals surface area contributed by atoms with E-state index in [4.69, 9.17) is 18.2 Å². The normalized spacial score (nSPS) is 18.9. The van der Waals surface area contributed by atoms with Crippen LogP contribution in [0.3, 0.4) is 0 Å². The molecule has 5 nitrogen and oxygen atoms in total. The van der Waals surface area contributed by atoms with Crippen molar-refractivity contribution < 1.29 is 0 Å². The van der Waals surface area contributed by atoms with Crippen molar-refractivity contribution in [3.05, 3.63) is 51.5 Å². The van der Waals surface area contributed by atoms with Gasteiger partial charge in [-0.3, -0.25) is 0 Å². The third kappa shape index (κ3) is 4.26. The average molecular weight is 461 g/mol. The number of benzene rings is 1. The van der Waals surface area contributed by atoms with Gasteiger partial charge in [0.25, 0.3) is 0 Å². The molecular formula is C21H23BrClN5. The van der Waals surface area contributed by atoms with Gasteiger partial charge in [0.05, 0.1) is 11.0 Å². The van der Waals surface area contributed by atoms with Crippen LogP contribution < -0.4 is 9.80 Å². The molecular weight excluding hydrogens is 438 g/mol. The van der Waals surface area contributed by atoms with E-state index in [1.54, 1.807) is 0 Å². The van der Waals surface area contributed by atoms with Crippen molar-refractivity contribution in [1.82, 2.24) is 9.97 Å². The fourth-order valence-electron chi connectivity index (χ4n) is 4.45. The SMILES string of the molecule is [C-]#[N+]c1ccc(N2CCC(C3CCN(c4ncc(Br)cn4)CC3)CC2)cc1Cl. The molecule has 0 saturated carbocycles. The first-order valence-electron chi connectivity index (χ1n) is 9.78. The summed E-state index contributed by atoms with van der Waals surface area (Å²) in [6, 6.07) is 5.79. The third-order valence-corrected chi connectivity index (χ3v) is 6.76. The lowest BCUT2D eigenvalue weighted by Crippen LogP contribution is -2.41. The van der Waals surface area contributed by atoms with Crippen molar-refractivity contribution in [1.29, 1.82) is 0 Å². The number of hydrogen-bond acceptors (Lipinski definition) is 4. The van der Waals surface area contributed by atoms with Gasteiger partial charge < -0.3 is 9.80 Å². The fourth-order valence-corrected chi connectivity index (χ4v) is 4.87. The zero-order valence-corrected chi connectivity index (χ0v) is 18.0. The Morgan fingerprint density at radius 3 is 2.07 bits per heavy atom. The summed E-state index contributed by atoms with van der Waals surface area (Å²) in [4.78, 5) is 17.0. The summed E-state index contributed by atoms with van der Waals surface area (Å²) in [5.41, 5.74) is 1.67. The van der Waals surface area contributed by atoms with Gasteiger partial charge in [0, 0.05) is 49.3 Å². The molecule has 28 heavy (non-hydrogen) atoms. The van der Waals surface area contributed by atoms with E-state index in [1.165, 1.54) is 25.7 Å². The molecule has 1 aromatic carbocycles. The highest BCUT2D eigenvalue weighted by molar-refractivity contribution is 9.10. The second-order valence-corrected chi connectivity index (χ2v) is 8.92. The number of piperidine rings is 2. The Morgan fingerprint density at radius 2 is 1.54 bits per heavy atom. The van der Waals surface area contributed by atoms with Gasteiger partial charge in [-0.2, -0.15) is 0 Å². The molecule has 0 aliphatic carbocycles. The zero-order valence-electron chi connectivity index (χ0n) is 15.7. The molecule has 2 aromatic rings. The van der Waals surface area contributed by atoms with E-state index < -0.39 is 0 Å². The predicted octanol–water partition coefficient (Wildman–Crippen LogP) is 5.58. The Balaban J connectivity index is 1.29. The van der Waals surface area contributed by atoms with E-state index in [9.17, 15) is 0 Å². The molecule has 0 amide bonds. The highest BCUT2D eigenvalue weighted by Crippen LogP contribution is 2.36. The van der Waals surface area contributed by atoms with Crippen molar-refractivity contribution in [2.24, 2.45) is 11.8 Å². The van der Waals surface area contributed by atoms with Crippen LogP contribution in [0.15, 0.2) is 35.1 Å². The number of hydrogen-bond donors (Lipinski definition) is 0. The minimum absolute atomic E-state index is 0.529. The van der Waals surface area contributed by atoms with E-state index in [-0.39, 0.29) is 0 Å². The standard InChI is InChI=1S/C21H23BrClN5/c1-24-20-3-2-18(12-19(20)23)27-8-4-15(5-9-27)16-6-10-28(11-7-16)21-25-13-17(22)14-26-21/h2-3,12-16H,4-11H2. The molecule has 2 aliphatic rings. The van der Waals surface area contributed by atoms with Gasteiger partial charge in [0.1, 0.15) is 0 Å². The Kier molecular flexibility index (Phi) is 6.03. The van der Waals surface area contributed by atoms with Crippen LogP contribution in [0.2, 0.25) is 5.02 Å². The molecule has 4 rings (SSSR count). The highest BCUT2D eigenvalue weighted by Gasteiger charge is 2.30. The number of aromatic nitrogens is 2. The van der Waals surface area contributed by atoms with Crippen molar-refractivity contribution >= 4 is 44.9 Å². The third-order valence-electron chi connectivity index (χ3n) is 6.05. The molecule has 0 bridgehead atoms. The maximum atomic E-state index is 7.13. The summed E-state index contributed by atoms with van der Waals surface area (Å²) in [5, 5.41) is 0.553. The summed E-state index contributed by atoms with van der Waals surface area (Å²) >= 11 is 9.61. The van der Waals surface area contributed by atoms with Crippen LogP contribution in [0.25, 0.3) is 4.85 Å². The van der Waals surface area contributed by atoms with Crippen LogP contribution in [0.5, 0.6) is 0 Å². The van der Waals surface area contributed by atoms with Gasteiger partial charge in [-0.1, -0.05) is 17.7 Å². The smallest absolute Gasteiger partial charge is 0.225 e. The summed E-state index contributed by atoms with van der Waals surface area (Å²) in [6.45, 7) is 11.3. The molecule has 146 valence electrons. The molecule has 0 radical (unpaired) electrons. The monoisotopic (exact) mass is 459 g/mol. The van der Waals surface area contributed by atoms with Crippen LogP contribution in [0.1, 0.15) is 25.7 Å². The Bertz CT molecular complexity index is 850. The first-order valence-corrected chi connectivity index (χ1v) is 11.0. The molecule has 0 N–H and O–H groups in total. The average Bonchev–Trinajstić information content (AvgIpc) is 2.74. The highest BCUT2D eigenvalue weighted by atomic mass is 79.9. The summed E-state index contributed by atoms with van der Waals surface area (Å²) < 4.78 is 0.919. The van der Waals surface area contributed by atoms with Crippen molar-refractivity contribution in [2.75, 3.05) is 36.0 Å². The summed E-state index contributed by atoms with van der Waals surface area (Å²) in [7, 11) is 0. The maximum Gasteiger partial charge on any atom is 0.225 e. The van der Waals surface area contributed by atoms with Crippen molar-refractivity contribution in [2.45, 2.75) is 25.7 Å². The van der Waals surface area contributed by atoms with Crippen LogP contribution in [-0.4, -0.2) is 36.1 Å². The van der Waals surface area contributed by atoms with E-state index in [1.807, 2.05) is 30.6 Å². The minimum Gasteiger partial charge on any atom is -0.372 e. The fraction of sp³-hybridized carbons (Fsp3) is 0.476. The lowest BCUT2D eigenvalue weighted by molar-refractivity contribution is 0.232. The summed E-state index contributed by atoms with van der Waals surface area (Å²) in [5.74, 6) is 2.43. The lowest BCUT2D eigenvalue weighted by Gasteiger charge is -2.41. The second-order valence-electron chi connectivity index (χ2n) is 7.60. The lowest BCUT2D eigenvalue weighted by atomic mass is 9.79. The van der Waals surface area contributed by atoms with Crippen LogP contribution in [-0.2, 0) is 0 Å². The van der Waals surface area contributed by atoms with E-state index in [2.05, 4.69) is 40.5 Å². The number of nitrogens with zero attached hydrogens (tertiary/aromatic N) is 5. The first kappa shape index (κ1) is 19.5. The molecule has 2 fully saturated rings. The first-order chi connectivity index (χ1) is 13.6. The van der Waals surface area contributed by atoms with Gasteiger partial charge in [-0.15, -0.1) is 0 Å². The second kappa shape index (κ2) is 8.67. The van der Waals surface area contributed by atoms with Crippen LogP contribution in [0, 0.1) is 18.4 Å². The zero-order chi connectivity index (χ0) is 19.5. The molecule has 0 atom stereocenters. The molecule has 0 unspecified atom stereocenters. The number of rotatable bonds is 3. The molecule has 2 saturated heterocycles. The Morgan fingerprint density at radius 1 is 0.964 bits per heavy atom. The predicted molar refractivity (Wildman–Crippen MR) is 117 cm³/mol. The quantitative estimate of drug-likeness (QED) is 0.561. The molecule has 2 aliphatic heterocycles. The number of halogens is 2.